The number of morpholine rings is 1. The molecule has 0 bridgehead atoms. The first kappa shape index (κ1) is 15.9. The third-order valence-corrected chi connectivity index (χ3v) is 3.37. The van der Waals surface area contributed by atoms with E-state index in [-0.39, 0.29) is 0 Å². The Hall–Kier alpha value is -1.44. The van der Waals surface area contributed by atoms with Gasteiger partial charge in [-0.05, 0) is 14.1 Å². The molecule has 0 spiro atoms. The van der Waals surface area contributed by atoms with E-state index in [2.05, 4.69) is 44.5 Å². The number of hydrogen-bond acceptors (Lipinski definition) is 7. The van der Waals surface area contributed by atoms with E-state index >= 15 is 0 Å². The molecule has 1 aliphatic rings. The van der Waals surface area contributed by atoms with E-state index in [0.29, 0.717) is 0 Å². The third-order valence-electron chi connectivity index (χ3n) is 3.37. The summed E-state index contributed by atoms with van der Waals surface area (Å²) in [6.07, 6.45) is 1.59. The van der Waals surface area contributed by atoms with Crippen LogP contribution < -0.4 is 10.6 Å². The van der Waals surface area contributed by atoms with Crippen LogP contribution in [0.2, 0.25) is 0 Å². The van der Waals surface area contributed by atoms with Gasteiger partial charge in [-0.2, -0.15) is 0 Å². The Labute approximate surface area is 126 Å². The molecule has 2 rings (SSSR count). The zero-order valence-electron chi connectivity index (χ0n) is 13.0. The van der Waals surface area contributed by atoms with Crippen LogP contribution >= 0.6 is 0 Å². The Morgan fingerprint density at radius 2 is 1.81 bits per heavy atom. The van der Waals surface area contributed by atoms with Crippen LogP contribution in [-0.4, -0.2) is 86.3 Å². The smallest absolute Gasteiger partial charge is 0.131 e. The van der Waals surface area contributed by atoms with Crippen molar-refractivity contribution in [1.82, 2.24) is 19.8 Å². The van der Waals surface area contributed by atoms with Crippen molar-refractivity contribution in [3.8, 4) is 0 Å². The second-order valence-corrected chi connectivity index (χ2v) is 5.40. The van der Waals surface area contributed by atoms with Gasteiger partial charge in [0.1, 0.15) is 18.0 Å². The molecule has 118 valence electrons. The lowest BCUT2D eigenvalue weighted by molar-refractivity contribution is 0.0398. The highest BCUT2D eigenvalue weighted by atomic mass is 16.5. The molecule has 0 saturated carbocycles. The Balaban J connectivity index is 1.70. The van der Waals surface area contributed by atoms with Crippen molar-refractivity contribution in [2.24, 2.45) is 0 Å². The average Bonchev–Trinajstić information content (AvgIpc) is 2.48. The summed E-state index contributed by atoms with van der Waals surface area (Å²) in [6.45, 7) is 7.46. The molecule has 7 nitrogen and oxygen atoms in total. The van der Waals surface area contributed by atoms with E-state index in [0.717, 1.165) is 64.1 Å². The zero-order valence-corrected chi connectivity index (χ0v) is 13.0. The van der Waals surface area contributed by atoms with Crippen LogP contribution in [0.1, 0.15) is 0 Å². The van der Waals surface area contributed by atoms with Gasteiger partial charge in [0, 0.05) is 45.3 Å². The summed E-state index contributed by atoms with van der Waals surface area (Å²) in [7, 11) is 4.11. The van der Waals surface area contributed by atoms with Crippen molar-refractivity contribution in [3.63, 3.8) is 0 Å². The highest BCUT2D eigenvalue weighted by molar-refractivity contribution is 5.46. The van der Waals surface area contributed by atoms with E-state index in [1.807, 2.05) is 6.07 Å². The monoisotopic (exact) mass is 294 g/mol. The molecule has 0 aliphatic carbocycles. The lowest BCUT2D eigenvalue weighted by Crippen LogP contribution is -2.39. The van der Waals surface area contributed by atoms with Crippen LogP contribution in [0.4, 0.5) is 11.6 Å². The maximum Gasteiger partial charge on any atom is 0.131 e. The van der Waals surface area contributed by atoms with Crippen LogP contribution in [0.15, 0.2) is 12.4 Å². The number of nitrogens with zero attached hydrogens (tertiary/aromatic N) is 4. The van der Waals surface area contributed by atoms with Gasteiger partial charge in [-0.15, -0.1) is 0 Å². The molecule has 1 aromatic heterocycles. The van der Waals surface area contributed by atoms with Gasteiger partial charge in [0.15, 0.2) is 0 Å². The molecule has 21 heavy (non-hydrogen) atoms. The van der Waals surface area contributed by atoms with Gasteiger partial charge in [-0.1, -0.05) is 0 Å². The molecule has 1 saturated heterocycles. The number of nitrogens with one attached hydrogen (secondary N) is 2. The lowest BCUT2D eigenvalue weighted by Gasteiger charge is -2.26. The number of aromatic nitrogens is 2. The van der Waals surface area contributed by atoms with Crippen LogP contribution in [-0.2, 0) is 4.74 Å². The van der Waals surface area contributed by atoms with E-state index < -0.39 is 0 Å². The first-order valence-electron chi connectivity index (χ1n) is 7.48. The van der Waals surface area contributed by atoms with Crippen LogP contribution in [0, 0.1) is 0 Å². The molecule has 1 fully saturated rings. The standard InChI is InChI=1S/C14H26N6O/c1-19(2)5-3-15-13-11-14(18-12-17-13)16-4-6-20-7-9-21-10-8-20/h11-12H,3-10H2,1-2H3,(H2,15,16,17,18). The summed E-state index contributed by atoms with van der Waals surface area (Å²) in [5, 5.41) is 6.64. The van der Waals surface area contributed by atoms with Gasteiger partial charge in [-0.3, -0.25) is 4.90 Å². The summed E-state index contributed by atoms with van der Waals surface area (Å²) in [4.78, 5) is 13.0. The molecule has 7 heteroatoms. The van der Waals surface area contributed by atoms with Gasteiger partial charge >= 0.3 is 0 Å². The molecule has 0 atom stereocenters. The maximum atomic E-state index is 5.34. The topological polar surface area (TPSA) is 65.5 Å². The Bertz CT molecular complexity index is 408. The van der Waals surface area contributed by atoms with Crippen molar-refractivity contribution in [3.05, 3.63) is 12.4 Å². The normalized spacial score (nSPS) is 16.1. The second-order valence-electron chi connectivity index (χ2n) is 5.40. The molecule has 0 radical (unpaired) electrons. The second kappa shape index (κ2) is 8.76. The fourth-order valence-electron chi connectivity index (χ4n) is 2.13. The number of ether oxygens (including phenoxy) is 1. The maximum absolute atomic E-state index is 5.34. The first-order valence-corrected chi connectivity index (χ1v) is 7.48. The van der Waals surface area contributed by atoms with Crippen LogP contribution in [0.25, 0.3) is 0 Å². The summed E-state index contributed by atoms with van der Waals surface area (Å²) in [6, 6.07) is 1.95. The zero-order chi connectivity index (χ0) is 14.9. The predicted octanol–water partition coefficient (Wildman–Crippen LogP) is 0.194. The molecule has 0 aromatic carbocycles. The van der Waals surface area contributed by atoms with Gasteiger partial charge in [0.2, 0.25) is 0 Å². The summed E-state index contributed by atoms with van der Waals surface area (Å²) in [5.41, 5.74) is 0. The van der Waals surface area contributed by atoms with Gasteiger partial charge < -0.3 is 20.3 Å². The fraction of sp³-hybridized carbons (Fsp3) is 0.714. The average molecular weight is 294 g/mol. The minimum atomic E-state index is 0.841. The Morgan fingerprint density at radius 1 is 1.14 bits per heavy atom. The number of hydrogen-bond donors (Lipinski definition) is 2. The predicted molar refractivity (Wildman–Crippen MR) is 84.8 cm³/mol. The lowest BCUT2D eigenvalue weighted by atomic mass is 10.4. The number of rotatable bonds is 8. The number of likely N-dealkylation sites (N-methyl/N-ethyl adjacent to an activating group) is 1. The Morgan fingerprint density at radius 3 is 2.48 bits per heavy atom. The van der Waals surface area contributed by atoms with Crippen molar-refractivity contribution < 1.29 is 4.74 Å². The van der Waals surface area contributed by atoms with Crippen molar-refractivity contribution >= 4 is 11.6 Å². The summed E-state index contributed by atoms with van der Waals surface area (Å²) in [5.74, 6) is 1.73. The molecular formula is C14H26N6O. The first-order chi connectivity index (χ1) is 10.2. The quantitative estimate of drug-likeness (QED) is 0.710. The SMILES string of the molecule is CN(C)CCNc1cc(NCCN2CCOCC2)ncn1. The molecular weight excluding hydrogens is 268 g/mol. The van der Waals surface area contributed by atoms with E-state index in [9.17, 15) is 0 Å². The van der Waals surface area contributed by atoms with E-state index in [1.165, 1.54) is 0 Å². The van der Waals surface area contributed by atoms with Crippen molar-refractivity contribution in [2.75, 3.05) is 77.2 Å². The van der Waals surface area contributed by atoms with Gasteiger partial charge in [0.05, 0.1) is 13.2 Å². The van der Waals surface area contributed by atoms with E-state index in [4.69, 9.17) is 4.74 Å². The Kier molecular flexibility index (Phi) is 6.65. The summed E-state index contributed by atoms with van der Waals surface area (Å²) < 4.78 is 5.34. The molecule has 1 aromatic rings. The molecule has 0 unspecified atom stereocenters. The molecule has 2 heterocycles. The minimum Gasteiger partial charge on any atom is -0.379 e. The highest BCUT2D eigenvalue weighted by Crippen LogP contribution is 2.08. The third kappa shape index (κ3) is 6.24. The summed E-state index contributed by atoms with van der Waals surface area (Å²) >= 11 is 0. The van der Waals surface area contributed by atoms with Crippen LogP contribution in [0.5, 0.6) is 0 Å². The van der Waals surface area contributed by atoms with Crippen molar-refractivity contribution in [2.45, 2.75) is 0 Å². The minimum absolute atomic E-state index is 0.841. The molecule has 2 N–H and O–H groups in total. The molecule has 0 amide bonds. The van der Waals surface area contributed by atoms with Crippen LogP contribution in [0.3, 0.4) is 0 Å². The fourth-order valence-corrected chi connectivity index (χ4v) is 2.13. The molecule has 1 aliphatic heterocycles. The largest absolute Gasteiger partial charge is 0.379 e. The van der Waals surface area contributed by atoms with E-state index in [1.54, 1.807) is 6.33 Å². The highest BCUT2D eigenvalue weighted by Gasteiger charge is 2.09. The van der Waals surface area contributed by atoms with Gasteiger partial charge in [0.25, 0.3) is 0 Å². The van der Waals surface area contributed by atoms with Gasteiger partial charge in [-0.25, -0.2) is 9.97 Å². The number of anilines is 2. The van der Waals surface area contributed by atoms with Crippen molar-refractivity contribution in [1.29, 1.82) is 0 Å².